The fourth-order valence-corrected chi connectivity index (χ4v) is 3.83. The highest BCUT2D eigenvalue weighted by atomic mass is 32.1. The van der Waals surface area contributed by atoms with Crippen molar-refractivity contribution >= 4 is 31.5 Å². The normalized spacial score (nSPS) is 10.9. The van der Waals surface area contributed by atoms with Gasteiger partial charge in [-0.15, -0.1) is 24.5 Å². The predicted molar refractivity (Wildman–Crippen MR) is 93.4 cm³/mol. The van der Waals surface area contributed by atoms with Crippen LogP contribution in [0.25, 0.3) is 20.2 Å². The molecule has 0 saturated heterocycles. The van der Waals surface area contributed by atoms with Gasteiger partial charge in [0.2, 0.25) is 0 Å². The zero-order valence-electron chi connectivity index (χ0n) is 11.8. The Bertz CT molecular complexity index is 902. The first-order chi connectivity index (χ1) is 10.3. The molecule has 0 unspecified atom stereocenters. The molecule has 0 atom stereocenters. The molecule has 3 rings (SSSR count). The van der Waals surface area contributed by atoms with Crippen molar-refractivity contribution in [3.05, 3.63) is 83.1 Å². The summed E-state index contributed by atoms with van der Waals surface area (Å²) in [6.07, 6.45) is 5.22. The largest absolute Gasteiger partial charge is 0.288 e. The van der Waals surface area contributed by atoms with Crippen LogP contribution in [0, 0.1) is 0 Å². The van der Waals surface area contributed by atoms with E-state index in [1.54, 1.807) is 11.3 Å². The minimum Gasteiger partial charge on any atom is -0.288 e. The lowest BCUT2D eigenvalue weighted by Crippen LogP contribution is -2.06. The van der Waals surface area contributed by atoms with Gasteiger partial charge < -0.3 is 0 Å². The predicted octanol–water partition coefficient (Wildman–Crippen LogP) is 4.87. The summed E-state index contributed by atoms with van der Waals surface area (Å²) in [6, 6.07) is 12.0. The SMILES string of the molecule is C=CCc1ccc2sc3ccccc3c(=O)c2c1CC=C. The maximum absolute atomic E-state index is 12.9. The fourth-order valence-electron chi connectivity index (χ4n) is 2.72. The van der Waals surface area contributed by atoms with Crippen LogP contribution < -0.4 is 5.43 Å². The van der Waals surface area contributed by atoms with Gasteiger partial charge >= 0.3 is 0 Å². The van der Waals surface area contributed by atoms with Crippen LogP contribution in [-0.2, 0) is 12.8 Å². The summed E-state index contributed by atoms with van der Waals surface area (Å²) in [5.41, 5.74) is 2.38. The Morgan fingerprint density at radius 2 is 1.71 bits per heavy atom. The van der Waals surface area contributed by atoms with Gasteiger partial charge in [0.1, 0.15) is 0 Å². The van der Waals surface area contributed by atoms with E-state index in [1.165, 1.54) is 0 Å². The van der Waals surface area contributed by atoms with Crippen molar-refractivity contribution in [2.24, 2.45) is 0 Å². The van der Waals surface area contributed by atoms with Crippen LogP contribution in [0.4, 0.5) is 0 Å². The van der Waals surface area contributed by atoms with Gasteiger partial charge in [0.05, 0.1) is 0 Å². The summed E-state index contributed by atoms with van der Waals surface area (Å²) < 4.78 is 2.08. The zero-order valence-corrected chi connectivity index (χ0v) is 12.6. The Kier molecular flexibility index (Phi) is 3.72. The Hall–Kier alpha value is -2.19. The van der Waals surface area contributed by atoms with Crippen LogP contribution in [0.15, 0.2) is 66.5 Å². The van der Waals surface area contributed by atoms with Crippen molar-refractivity contribution in [1.82, 2.24) is 0 Å². The van der Waals surface area contributed by atoms with E-state index >= 15 is 0 Å². The molecule has 0 aliphatic rings. The van der Waals surface area contributed by atoms with Crippen molar-refractivity contribution in [3.63, 3.8) is 0 Å². The van der Waals surface area contributed by atoms with Crippen LogP contribution in [0.2, 0.25) is 0 Å². The van der Waals surface area contributed by atoms with E-state index in [1.807, 2.05) is 36.4 Å². The second kappa shape index (κ2) is 5.66. The average Bonchev–Trinajstić information content (AvgIpc) is 2.50. The van der Waals surface area contributed by atoms with E-state index < -0.39 is 0 Å². The zero-order chi connectivity index (χ0) is 14.8. The van der Waals surface area contributed by atoms with Crippen LogP contribution in [-0.4, -0.2) is 0 Å². The van der Waals surface area contributed by atoms with Gasteiger partial charge in [-0.05, 0) is 42.2 Å². The molecule has 0 radical (unpaired) electrons. The number of benzene rings is 2. The van der Waals surface area contributed by atoms with E-state index in [-0.39, 0.29) is 5.43 Å². The average molecular weight is 292 g/mol. The van der Waals surface area contributed by atoms with Crippen molar-refractivity contribution < 1.29 is 0 Å². The number of fused-ring (bicyclic) bond motifs is 2. The van der Waals surface area contributed by atoms with E-state index in [0.717, 1.165) is 37.7 Å². The highest BCUT2D eigenvalue weighted by molar-refractivity contribution is 7.24. The highest BCUT2D eigenvalue weighted by Crippen LogP contribution is 2.29. The summed E-state index contributed by atoms with van der Waals surface area (Å²) in [5, 5.41) is 1.65. The van der Waals surface area contributed by atoms with E-state index in [0.29, 0.717) is 6.42 Å². The number of hydrogen-bond donors (Lipinski definition) is 0. The monoisotopic (exact) mass is 292 g/mol. The molecule has 0 spiro atoms. The molecular weight excluding hydrogens is 276 g/mol. The number of allylic oxidation sites excluding steroid dienone is 2. The molecule has 0 N–H and O–H groups in total. The molecule has 21 heavy (non-hydrogen) atoms. The Balaban J connectivity index is 2.48. The van der Waals surface area contributed by atoms with Crippen LogP contribution in [0.1, 0.15) is 11.1 Å². The Morgan fingerprint density at radius 1 is 0.952 bits per heavy atom. The molecule has 1 heterocycles. The molecule has 0 aliphatic carbocycles. The summed E-state index contributed by atoms with van der Waals surface area (Å²) in [6.45, 7) is 7.64. The van der Waals surface area contributed by atoms with Crippen LogP contribution >= 0.6 is 11.3 Å². The maximum atomic E-state index is 12.9. The fraction of sp³-hybridized carbons (Fsp3) is 0.105. The number of rotatable bonds is 4. The van der Waals surface area contributed by atoms with Gasteiger partial charge in [-0.1, -0.05) is 30.4 Å². The molecule has 0 bridgehead atoms. The summed E-state index contributed by atoms with van der Waals surface area (Å²) in [7, 11) is 0. The lowest BCUT2D eigenvalue weighted by molar-refractivity contribution is 1.18. The topological polar surface area (TPSA) is 17.1 Å². The number of hydrogen-bond acceptors (Lipinski definition) is 2. The third kappa shape index (κ3) is 2.32. The van der Waals surface area contributed by atoms with Gasteiger partial charge in [-0.25, -0.2) is 0 Å². The second-order valence-electron chi connectivity index (χ2n) is 4.99. The first kappa shape index (κ1) is 13.8. The lowest BCUT2D eigenvalue weighted by atomic mass is 9.97. The van der Waals surface area contributed by atoms with Gasteiger partial charge in [0.25, 0.3) is 0 Å². The molecule has 0 amide bonds. The molecule has 0 aliphatic heterocycles. The van der Waals surface area contributed by atoms with Gasteiger partial charge in [0.15, 0.2) is 5.43 Å². The third-order valence-corrected chi connectivity index (χ3v) is 4.80. The molecule has 2 heteroatoms. The molecule has 2 aromatic carbocycles. The standard InChI is InChI=1S/C19H16OS/c1-3-7-13-11-12-17-18(14(13)8-4-2)19(20)15-9-5-6-10-16(15)21-17/h3-6,9-12H,1-2,7-8H2. The molecule has 1 nitrogen and oxygen atoms in total. The van der Waals surface area contributed by atoms with Gasteiger partial charge in [-0.3, -0.25) is 4.79 Å². The third-order valence-electron chi connectivity index (χ3n) is 3.66. The molecule has 1 aromatic heterocycles. The van der Waals surface area contributed by atoms with Crippen molar-refractivity contribution in [3.8, 4) is 0 Å². The molecular formula is C19H16OS. The van der Waals surface area contributed by atoms with Crippen molar-refractivity contribution in [2.75, 3.05) is 0 Å². The summed E-state index contributed by atoms with van der Waals surface area (Å²) in [5.74, 6) is 0. The second-order valence-corrected chi connectivity index (χ2v) is 6.07. The van der Waals surface area contributed by atoms with E-state index in [4.69, 9.17) is 0 Å². The van der Waals surface area contributed by atoms with Crippen LogP contribution in [0.3, 0.4) is 0 Å². The first-order valence-electron chi connectivity index (χ1n) is 6.94. The summed E-state index contributed by atoms with van der Waals surface area (Å²) in [4.78, 5) is 12.9. The maximum Gasteiger partial charge on any atom is 0.196 e. The molecule has 104 valence electrons. The van der Waals surface area contributed by atoms with E-state index in [2.05, 4.69) is 25.3 Å². The lowest BCUT2D eigenvalue weighted by Gasteiger charge is -2.10. The smallest absolute Gasteiger partial charge is 0.196 e. The van der Waals surface area contributed by atoms with E-state index in [9.17, 15) is 4.79 Å². The minimum absolute atomic E-state index is 0.127. The van der Waals surface area contributed by atoms with Gasteiger partial charge in [0, 0.05) is 20.2 Å². The minimum atomic E-state index is 0.127. The molecule has 0 fully saturated rings. The highest BCUT2D eigenvalue weighted by Gasteiger charge is 2.12. The van der Waals surface area contributed by atoms with Crippen LogP contribution in [0.5, 0.6) is 0 Å². The summed E-state index contributed by atoms with van der Waals surface area (Å²) >= 11 is 1.67. The van der Waals surface area contributed by atoms with Gasteiger partial charge in [-0.2, -0.15) is 0 Å². The molecule has 0 saturated carbocycles. The Labute approximate surface area is 127 Å². The quantitative estimate of drug-likeness (QED) is 0.495. The first-order valence-corrected chi connectivity index (χ1v) is 7.76. The molecule has 3 aromatic rings. The van der Waals surface area contributed by atoms with Crippen molar-refractivity contribution in [2.45, 2.75) is 12.8 Å². The van der Waals surface area contributed by atoms with Crippen molar-refractivity contribution in [1.29, 1.82) is 0 Å². The Morgan fingerprint density at radius 3 is 2.48 bits per heavy atom.